The summed E-state index contributed by atoms with van der Waals surface area (Å²) in [5.41, 5.74) is 1.47. The van der Waals surface area contributed by atoms with Gasteiger partial charge in [0.25, 0.3) is 0 Å². The van der Waals surface area contributed by atoms with Crippen LogP contribution in [-0.4, -0.2) is 24.5 Å². The minimum absolute atomic E-state index is 0.762. The highest BCUT2D eigenvalue weighted by Crippen LogP contribution is 2.27. The predicted octanol–water partition coefficient (Wildman–Crippen LogP) is 2.87. The summed E-state index contributed by atoms with van der Waals surface area (Å²) < 4.78 is 1.19. The van der Waals surface area contributed by atoms with E-state index in [0.29, 0.717) is 0 Å². The number of likely N-dealkylation sites (tertiary alicyclic amines) is 1. The van der Waals surface area contributed by atoms with Crippen molar-refractivity contribution >= 4 is 15.9 Å². The van der Waals surface area contributed by atoms with Gasteiger partial charge in [-0.25, -0.2) is 0 Å². The van der Waals surface area contributed by atoms with Gasteiger partial charge in [-0.05, 0) is 24.2 Å². The molecule has 2 rings (SSSR count). The molecule has 0 N–H and O–H groups in total. The second kappa shape index (κ2) is 3.81. The first-order chi connectivity index (χ1) is 6.29. The lowest BCUT2D eigenvalue weighted by atomic mass is 9.92. The Labute approximate surface area is 87.9 Å². The number of benzene rings is 1. The van der Waals surface area contributed by atoms with Crippen molar-refractivity contribution in [2.24, 2.45) is 0 Å². The third-order valence-corrected chi connectivity index (χ3v) is 3.22. The fourth-order valence-corrected chi connectivity index (χ4v) is 2.22. The van der Waals surface area contributed by atoms with Gasteiger partial charge in [-0.1, -0.05) is 35.0 Å². The Morgan fingerprint density at radius 3 is 2.85 bits per heavy atom. The molecule has 0 spiro atoms. The van der Waals surface area contributed by atoms with Crippen LogP contribution in [0.1, 0.15) is 18.4 Å². The largest absolute Gasteiger partial charge is 0.302 e. The van der Waals surface area contributed by atoms with Crippen LogP contribution in [0.5, 0.6) is 0 Å². The van der Waals surface area contributed by atoms with Crippen LogP contribution in [0.3, 0.4) is 0 Å². The van der Waals surface area contributed by atoms with Crippen LogP contribution < -0.4 is 0 Å². The molecule has 1 aromatic rings. The molecule has 0 aromatic heterocycles. The molecule has 70 valence electrons. The van der Waals surface area contributed by atoms with Crippen molar-refractivity contribution in [2.75, 3.05) is 19.6 Å². The van der Waals surface area contributed by atoms with E-state index in [1.54, 1.807) is 0 Å². The minimum atomic E-state index is 0.762. The Morgan fingerprint density at radius 1 is 1.46 bits per heavy atom. The number of likely N-dealkylation sites (N-methyl/N-ethyl adjacent to an activating group) is 1. The Bertz CT molecular complexity index is 292. The van der Waals surface area contributed by atoms with Gasteiger partial charge >= 0.3 is 0 Å². The van der Waals surface area contributed by atoms with Crippen molar-refractivity contribution in [3.05, 3.63) is 34.3 Å². The Morgan fingerprint density at radius 2 is 2.23 bits per heavy atom. The maximum absolute atomic E-state index is 3.50. The monoisotopic (exact) mass is 239 g/mol. The average Bonchev–Trinajstić information content (AvgIpc) is 2.02. The zero-order valence-electron chi connectivity index (χ0n) is 7.83. The van der Waals surface area contributed by atoms with Crippen molar-refractivity contribution in [1.29, 1.82) is 0 Å². The maximum Gasteiger partial charge on any atom is 0.0178 e. The molecular weight excluding hydrogens is 226 g/mol. The Kier molecular flexibility index (Phi) is 2.70. The molecule has 1 heterocycles. The van der Waals surface area contributed by atoms with Crippen molar-refractivity contribution in [1.82, 2.24) is 4.90 Å². The summed E-state index contributed by atoms with van der Waals surface area (Å²) in [5.74, 6) is 0.762. The summed E-state index contributed by atoms with van der Waals surface area (Å²) in [4.78, 5) is 2.46. The summed E-state index contributed by atoms with van der Waals surface area (Å²) in [7, 11) is 0. The van der Waals surface area contributed by atoms with Crippen LogP contribution in [0.15, 0.2) is 28.7 Å². The topological polar surface area (TPSA) is 3.24 Å². The molecule has 0 aliphatic carbocycles. The van der Waals surface area contributed by atoms with E-state index in [-0.39, 0.29) is 0 Å². The zero-order valence-corrected chi connectivity index (χ0v) is 9.42. The van der Waals surface area contributed by atoms with Crippen LogP contribution in [-0.2, 0) is 0 Å². The maximum atomic E-state index is 3.50. The lowest BCUT2D eigenvalue weighted by Gasteiger charge is -2.38. The molecule has 0 saturated carbocycles. The number of hydrogen-bond donors (Lipinski definition) is 0. The molecule has 2 heteroatoms. The predicted molar refractivity (Wildman–Crippen MR) is 59.0 cm³/mol. The second-order valence-corrected chi connectivity index (χ2v) is 4.52. The molecule has 1 aliphatic heterocycles. The summed E-state index contributed by atoms with van der Waals surface area (Å²) in [5, 5.41) is 0. The smallest absolute Gasteiger partial charge is 0.0178 e. The van der Waals surface area contributed by atoms with Gasteiger partial charge < -0.3 is 4.90 Å². The third-order valence-electron chi connectivity index (χ3n) is 2.72. The van der Waals surface area contributed by atoms with Crippen LogP contribution in [0.4, 0.5) is 0 Å². The molecule has 0 atom stereocenters. The van der Waals surface area contributed by atoms with Gasteiger partial charge in [0.2, 0.25) is 0 Å². The fourth-order valence-electron chi connectivity index (χ4n) is 1.80. The van der Waals surface area contributed by atoms with Crippen LogP contribution in [0.2, 0.25) is 0 Å². The molecule has 13 heavy (non-hydrogen) atoms. The number of hydrogen-bond acceptors (Lipinski definition) is 1. The Hall–Kier alpha value is -0.340. The molecule has 1 nitrogen and oxygen atoms in total. The first-order valence-corrected chi connectivity index (χ1v) is 5.56. The van der Waals surface area contributed by atoms with Gasteiger partial charge in [-0.15, -0.1) is 0 Å². The van der Waals surface area contributed by atoms with Gasteiger partial charge in [0, 0.05) is 23.5 Å². The van der Waals surface area contributed by atoms with Crippen LogP contribution in [0, 0.1) is 0 Å². The highest BCUT2D eigenvalue weighted by atomic mass is 79.9. The number of halogens is 1. The van der Waals surface area contributed by atoms with Crippen LogP contribution in [0.25, 0.3) is 0 Å². The summed E-state index contributed by atoms with van der Waals surface area (Å²) in [6.45, 7) is 5.86. The lowest BCUT2D eigenvalue weighted by Crippen LogP contribution is -2.44. The molecule has 0 unspecified atom stereocenters. The van der Waals surface area contributed by atoms with Gasteiger partial charge in [0.15, 0.2) is 0 Å². The molecule has 0 radical (unpaired) electrons. The fraction of sp³-hybridized carbons (Fsp3) is 0.455. The van der Waals surface area contributed by atoms with Crippen LogP contribution >= 0.6 is 15.9 Å². The lowest BCUT2D eigenvalue weighted by molar-refractivity contribution is 0.157. The summed E-state index contributed by atoms with van der Waals surface area (Å²) in [6, 6.07) is 8.66. The van der Waals surface area contributed by atoms with E-state index in [9.17, 15) is 0 Å². The quantitative estimate of drug-likeness (QED) is 0.768. The van der Waals surface area contributed by atoms with Gasteiger partial charge in [0.05, 0.1) is 0 Å². The molecule has 1 aliphatic rings. The van der Waals surface area contributed by atoms with E-state index in [1.807, 2.05) is 0 Å². The summed E-state index contributed by atoms with van der Waals surface area (Å²) >= 11 is 3.50. The SMILES string of the molecule is CCN1CC(c2cccc(Br)c2)C1. The molecule has 1 fully saturated rings. The van der Waals surface area contributed by atoms with E-state index in [1.165, 1.54) is 29.7 Å². The van der Waals surface area contributed by atoms with E-state index in [0.717, 1.165) is 5.92 Å². The molecule has 1 aromatic carbocycles. The van der Waals surface area contributed by atoms with E-state index in [4.69, 9.17) is 0 Å². The highest BCUT2D eigenvalue weighted by Gasteiger charge is 2.26. The van der Waals surface area contributed by atoms with E-state index < -0.39 is 0 Å². The van der Waals surface area contributed by atoms with Crippen molar-refractivity contribution < 1.29 is 0 Å². The number of nitrogens with zero attached hydrogens (tertiary/aromatic N) is 1. The highest BCUT2D eigenvalue weighted by molar-refractivity contribution is 9.10. The van der Waals surface area contributed by atoms with Gasteiger partial charge in [-0.2, -0.15) is 0 Å². The van der Waals surface area contributed by atoms with Crippen molar-refractivity contribution in [3.63, 3.8) is 0 Å². The van der Waals surface area contributed by atoms with E-state index >= 15 is 0 Å². The molecule has 0 amide bonds. The normalized spacial score (nSPS) is 18.6. The second-order valence-electron chi connectivity index (χ2n) is 3.60. The van der Waals surface area contributed by atoms with Gasteiger partial charge in [0.1, 0.15) is 0 Å². The minimum Gasteiger partial charge on any atom is -0.302 e. The average molecular weight is 240 g/mol. The van der Waals surface area contributed by atoms with Gasteiger partial charge in [-0.3, -0.25) is 0 Å². The summed E-state index contributed by atoms with van der Waals surface area (Å²) in [6.07, 6.45) is 0. The molecule has 0 bridgehead atoms. The Balaban J connectivity index is 2.03. The standard InChI is InChI=1S/C11H14BrN/c1-2-13-7-10(8-13)9-4-3-5-11(12)6-9/h3-6,10H,2,7-8H2,1H3. The number of rotatable bonds is 2. The first kappa shape index (κ1) is 9.22. The van der Waals surface area contributed by atoms with E-state index in [2.05, 4.69) is 52.0 Å². The third kappa shape index (κ3) is 1.94. The molecule has 1 saturated heterocycles. The van der Waals surface area contributed by atoms with Crippen molar-refractivity contribution in [3.8, 4) is 0 Å². The van der Waals surface area contributed by atoms with Crippen molar-refractivity contribution in [2.45, 2.75) is 12.8 Å². The zero-order chi connectivity index (χ0) is 9.26. The first-order valence-electron chi connectivity index (χ1n) is 4.77. The molecular formula is C11H14BrN.